The largest absolute Gasteiger partial charge is 0.467 e. The number of carbonyl (C=O) groups excluding carboxylic acids is 1. The van der Waals surface area contributed by atoms with E-state index in [0.717, 1.165) is 16.9 Å². The van der Waals surface area contributed by atoms with E-state index < -0.39 is 5.25 Å². The molecule has 4 rings (SSSR count). The summed E-state index contributed by atoms with van der Waals surface area (Å²) in [6.07, 6.45) is 2.16. The van der Waals surface area contributed by atoms with Gasteiger partial charge in [-0.2, -0.15) is 5.10 Å². The first-order valence-electron chi connectivity index (χ1n) is 10.1. The fourth-order valence-electron chi connectivity index (χ4n) is 3.37. The number of amides is 1. The minimum absolute atomic E-state index is 0.126. The maximum absolute atomic E-state index is 12.9. The Morgan fingerprint density at radius 3 is 2.88 bits per heavy atom. The molecule has 0 unspecified atom stereocenters. The lowest BCUT2D eigenvalue weighted by Gasteiger charge is -2.18. The third-order valence-corrected chi connectivity index (χ3v) is 6.85. The molecule has 4 aromatic rings. The summed E-state index contributed by atoms with van der Waals surface area (Å²) in [7, 11) is 0. The van der Waals surface area contributed by atoms with Crippen molar-refractivity contribution >= 4 is 40.3 Å². The van der Waals surface area contributed by atoms with Crippen LogP contribution in [0.3, 0.4) is 0 Å². The Bertz CT molecular complexity index is 1330. The van der Waals surface area contributed by atoms with E-state index in [1.807, 2.05) is 39.0 Å². The molecule has 0 fully saturated rings. The van der Waals surface area contributed by atoms with Crippen LogP contribution in [0.1, 0.15) is 30.4 Å². The number of furan rings is 1. The highest BCUT2D eigenvalue weighted by Crippen LogP contribution is 2.28. The summed E-state index contributed by atoms with van der Waals surface area (Å²) in [6, 6.07) is 9.15. The van der Waals surface area contributed by atoms with Gasteiger partial charge in [0.15, 0.2) is 10.8 Å². The normalized spacial score (nSPS) is 12.2. The van der Waals surface area contributed by atoms with Crippen LogP contribution in [-0.2, 0) is 11.3 Å². The molecular formula is C22H23ClN6O2S. The fourth-order valence-corrected chi connectivity index (χ4v) is 4.54. The van der Waals surface area contributed by atoms with Crippen molar-refractivity contribution in [2.45, 2.75) is 44.1 Å². The smallest absolute Gasteiger partial charge is 0.233 e. The van der Waals surface area contributed by atoms with Gasteiger partial charge in [-0.1, -0.05) is 30.3 Å². The lowest BCUT2D eigenvalue weighted by molar-refractivity contribution is -0.120. The fraction of sp³-hybridized carbons (Fsp3) is 0.273. The molecule has 0 spiro atoms. The average Bonchev–Trinajstić information content (AvgIpc) is 3.42. The Balaban J connectivity index is 1.74. The van der Waals surface area contributed by atoms with Crippen LogP contribution in [-0.4, -0.2) is 30.9 Å². The van der Waals surface area contributed by atoms with Crippen molar-refractivity contribution in [2.24, 2.45) is 0 Å². The molecule has 8 nitrogen and oxygen atoms in total. The first-order chi connectivity index (χ1) is 15.4. The quantitative estimate of drug-likeness (QED) is 0.275. The van der Waals surface area contributed by atoms with Crippen LogP contribution in [0.2, 0.25) is 5.02 Å². The van der Waals surface area contributed by atoms with Crippen molar-refractivity contribution in [3.05, 3.63) is 64.1 Å². The van der Waals surface area contributed by atoms with Crippen molar-refractivity contribution in [1.29, 1.82) is 5.41 Å². The van der Waals surface area contributed by atoms with E-state index in [1.165, 1.54) is 11.8 Å². The zero-order valence-corrected chi connectivity index (χ0v) is 19.5. The predicted octanol–water partition coefficient (Wildman–Crippen LogP) is 4.28. The second-order valence-electron chi connectivity index (χ2n) is 7.37. The number of aromatic amines is 1. The lowest BCUT2D eigenvalue weighted by atomic mass is 10.2. The molecule has 0 aliphatic heterocycles. The predicted molar refractivity (Wildman–Crippen MR) is 124 cm³/mol. The van der Waals surface area contributed by atoms with Gasteiger partial charge in [0.1, 0.15) is 11.2 Å². The first-order valence-corrected chi connectivity index (χ1v) is 11.4. The van der Waals surface area contributed by atoms with E-state index in [0.29, 0.717) is 39.9 Å². The van der Waals surface area contributed by atoms with Crippen LogP contribution in [0.15, 0.2) is 46.2 Å². The summed E-state index contributed by atoms with van der Waals surface area (Å²) in [6.45, 7) is 6.03. The number of nitrogens with one attached hydrogen (secondary N) is 3. The molecule has 1 aromatic carbocycles. The number of aromatic nitrogens is 4. The van der Waals surface area contributed by atoms with Gasteiger partial charge < -0.3 is 9.73 Å². The zero-order valence-electron chi connectivity index (χ0n) is 17.9. The second-order valence-corrected chi connectivity index (χ2v) is 8.95. The van der Waals surface area contributed by atoms with Gasteiger partial charge in [0.05, 0.1) is 23.4 Å². The topological polar surface area (TPSA) is 113 Å². The molecular weight excluding hydrogens is 448 g/mol. The molecule has 0 radical (unpaired) electrons. The monoisotopic (exact) mass is 470 g/mol. The summed E-state index contributed by atoms with van der Waals surface area (Å²) in [5.74, 6) is 0.560. The van der Waals surface area contributed by atoms with Crippen LogP contribution in [0.4, 0.5) is 0 Å². The highest BCUT2D eigenvalue weighted by Gasteiger charge is 2.23. The molecule has 3 N–H and O–H groups in total. The number of hydrogen-bond donors (Lipinski definition) is 3. The minimum Gasteiger partial charge on any atom is -0.467 e. The molecule has 10 heteroatoms. The van der Waals surface area contributed by atoms with E-state index in [4.69, 9.17) is 26.4 Å². The van der Waals surface area contributed by atoms with Crippen LogP contribution >= 0.6 is 23.4 Å². The highest BCUT2D eigenvalue weighted by atomic mass is 35.5. The van der Waals surface area contributed by atoms with Crippen molar-refractivity contribution in [1.82, 2.24) is 25.1 Å². The number of thioether (sulfide) groups is 1. The summed E-state index contributed by atoms with van der Waals surface area (Å²) in [5, 5.41) is 20.3. The third-order valence-electron chi connectivity index (χ3n) is 5.11. The maximum Gasteiger partial charge on any atom is 0.233 e. The van der Waals surface area contributed by atoms with E-state index in [9.17, 15) is 4.79 Å². The average molecular weight is 471 g/mol. The van der Waals surface area contributed by atoms with Crippen molar-refractivity contribution < 1.29 is 9.21 Å². The van der Waals surface area contributed by atoms with E-state index >= 15 is 0 Å². The van der Waals surface area contributed by atoms with Crippen LogP contribution in [0, 0.1) is 19.3 Å². The van der Waals surface area contributed by atoms with Crippen molar-refractivity contribution in [2.75, 3.05) is 0 Å². The number of aryl methyl sites for hydroxylation is 2. The number of hydrogen-bond acceptors (Lipinski definition) is 6. The minimum atomic E-state index is -0.408. The van der Waals surface area contributed by atoms with Gasteiger partial charge in [-0.05, 0) is 56.2 Å². The Labute approximate surface area is 193 Å². The van der Waals surface area contributed by atoms with Crippen LogP contribution in [0.25, 0.3) is 16.7 Å². The highest BCUT2D eigenvalue weighted by molar-refractivity contribution is 8.00. The Hall–Kier alpha value is -3.04. The number of halogens is 1. The van der Waals surface area contributed by atoms with Gasteiger partial charge in [0.25, 0.3) is 0 Å². The van der Waals surface area contributed by atoms with Gasteiger partial charge >= 0.3 is 0 Å². The van der Waals surface area contributed by atoms with Crippen molar-refractivity contribution in [3.8, 4) is 5.69 Å². The number of H-pyrrole nitrogens is 1. The molecule has 0 bridgehead atoms. The Kier molecular flexibility index (Phi) is 6.38. The molecule has 0 aliphatic carbocycles. The molecule has 166 valence electrons. The number of carbonyl (C=O) groups is 1. The van der Waals surface area contributed by atoms with Crippen LogP contribution in [0.5, 0.6) is 0 Å². The zero-order chi connectivity index (χ0) is 22.8. The molecule has 0 saturated heterocycles. The molecule has 3 heterocycles. The molecule has 3 aromatic heterocycles. The lowest BCUT2D eigenvalue weighted by Crippen LogP contribution is -2.32. The van der Waals surface area contributed by atoms with E-state index in [2.05, 4.69) is 15.5 Å². The number of fused-ring (bicyclic) bond motifs is 1. The Morgan fingerprint density at radius 2 is 2.19 bits per heavy atom. The summed E-state index contributed by atoms with van der Waals surface area (Å²) >= 11 is 7.53. The third kappa shape index (κ3) is 4.31. The second kappa shape index (κ2) is 9.22. The number of nitrogens with zero attached hydrogens (tertiary/aromatic N) is 3. The van der Waals surface area contributed by atoms with Crippen molar-refractivity contribution in [3.63, 3.8) is 0 Å². The Morgan fingerprint density at radius 1 is 1.38 bits per heavy atom. The maximum atomic E-state index is 12.9. The van der Waals surface area contributed by atoms with Gasteiger partial charge in [0, 0.05) is 16.4 Å². The molecule has 1 atom stereocenters. The molecule has 1 amide bonds. The SMILES string of the molecule is CC[C@@H](Sc1nc2n[nH]c(C)c2c(=N)n1-c1ccc(Cl)c(C)c1)C(=O)NCc1ccco1. The standard InChI is InChI=1S/C22H23ClN6O2S/c1-4-17(21(30)25-11-15-6-5-9-31-15)32-22-26-20-18(13(3)27-28-20)19(24)29(22)14-7-8-16(23)12(2)10-14/h5-10,17,24H,4,11H2,1-3H3,(H,25,30)(H,27,28)/t17-/m1/s1. The summed E-state index contributed by atoms with van der Waals surface area (Å²) < 4.78 is 7.03. The van der Waals surface area contributed by atoms with E-state index in [-0.39, 0.29) is 11.4 Å². The van der Waals surface area contributed by atoms with Gasteiger partial charge in [0.2, 0.25) is 5.91 Å². The van der Waals surface area contributed by atoms with Gasteiger partial charge in [-0.25, -0.2) is 4.98 Å². The molecule has 0 saturated carbocycles. The van der Waals surface area contributed by atoms with Gasteiger partial charge in [-0.15, -0.1) is 0 Å². The number of rotatable bonds is 7. The van der Waals surface area contributed by atoms with Crippen LogP contribution < -0.4 is 10.8 Å². The summed E-state index contributed by atoms with van der Waals surface area (Å²) in [4.78, 5) is 17.6. The van der Waals surface area contributed by atoms with Gasteiger partial charge in [-0.3, -0.25) is 19.9 Å². The number of benzene rings is 1. The molecule has 32 heavy (non-hydrogen) atoms. The molecule has 0 aliphatic rings. The summed E-state index contributed by atoms with van der Waals surface area (Å²) in [5.41, 5.74) is 3.09. The van der Waals surface area contributed by atoms with E-state index in [1.54, 1.807) is 23.0 Å². The first kappa shape index (κ1) is 22.2.